The minimum absolute atomic E-state index is 0.624. The SMILES string of the molecule is CCC(C)N(CC)Cc1ccc(CNC)cn1. The number of rotatable bonds is 7. The summed E-state index contributed by atoms with van der Waals surface area (Å²) in [6, 6.07) is 4.92. The fraction of sp³-hybridized carbons (Fsp3) is 0.643. The molecule has 96 valence electrons. The van der Waals surface area contributed by atoms with Gasteiger partial charge in [0.15, 0.2) is 0 Å². The predicted molar refractivity (Wildman–Crippen MR) is 72.8 cm³/mol. The second kappa shape index (κ2) is 7.41. The fourth-order valence-corrected chi connectivity index (χ4v) is 1.90. The van der Waals surface area contributed by atoms with Crippen molar-refractivity contribution in [2.24, 2.45) is 0 Å². The van der Waals surface area contributed by atoms with Crippen molar-refractivity contribution < 1.29 is 0 Å². The molecule has 0 aromatic carbocycles. The number of hydrogen-bond acceptors (Lipinski definition) is 3. The van der Waals surface area contributed by atoms with Gasteiger partial charge in [0.1, 0.15) is 0 Å². The number of pyridine rings is 1. The Morgan fingerprint density at radius 2 is 2.12 bits per heavy atom. The van der Waals surface area contributed by atoms with Gasteiger partial charge in [-0.3, -0.25) is 9.88 Å². The van der Waals surface area contributed by atoms with Crippen LogP contribution in [0, 0.1) is 0 Å². The molecule has 0 saturated heterocycles. The highest BCUT2D eigenvalue weighted by atomic mass is 15.1. The van der Waals surface area contributed by atoms with Gasteiger partial charge < -0.3 is 5.32 Å². The van der Waals surface area contributed by atoms with Gasteiger partial charge in [-0.1, -0.05) is 19.9 Å². The lowest BCUT2D eigenvalue weighted by atomic mass is 10.2. The van der Waals surface area contributed by atoms with Crippen LogP contribution >= 0.6 is 0 Å². The molecular formula is C14H25N3. The Labute approximate surface area is 105 Å². The molecule has 0 bridgehead atoms. The summed E-state index contributed by atoms with van der Waals surface area (Å²) in [7, 11) is 1.95. The van der Waals surface area contributed by atoms with Gasteiger partial charge in [-0.2, -0.15) is 0 Å². The maximum atomic E-state index is 4.52. The summed E-state index contributed by atoms with van der Waals surface area (Å²) in [4.78, 5) is 6.98. The smallest absolute Gasteiger partial charge is 0.0544 e. The molecule has 0 amide bonds. The molecule has 1 atom stereocenters. The molecule has 0 spiro atoms. The van der Waals surface area contributed by atoms with Crippen LogP contribution < -0.4 is 5.32 Å². The average Bonchev–Trinajstić information content (AvgIpc) is 2.37. The first kappa shape index (κ1) is 14.1. The molecule has 1 N–H and O–H groups in total. The Morgan fingerprint density at radius 1 is 1.35 bits per heavy atom. The van der Waals surface area contributed by atoms with E-state index < -0.39 is 0 Å². The topological polar surface area (TPSA) is 28.2 Å². The lowest BCUT2D eigenvalue weighted by Gasteiger charge is -2.26. The summed E-state index contributed by atoms with van der Waals surface area (Å²) in [5.74, 6) is 0. The highest BCUT2D eigenvalue weighted by Crippen LogP contribution is 2.09. The largest absolute Gasteiger partial charge is 0.316 e. The van der Waals surface area contributed by atoms with E-state index in [2.05, 4.69) is 48.1 Å². The van der Waals surface area contributed by atoms with Crippen molar-refractivity contribution in [1.82, 2.24) is 15.2 Å². The molecule has 17 heavy (non-hydrogen) atoms. The van der Waals surface area contributed by atoms with Crippen LogP contribution in [0.3, 0.4) is 0 Å². The van der Waals surface area contributed by atoms with Gasteiger partial charge in [0, 0.05) is 25.3 Å². The van der Waals surface area contributed by atoms with Crippen LogP contribution in [0.1, 0.15) is 38.4 Å². The van der Waals surface area contributed by atoms with Crippen LogP contribution in [-0.2, 0) is 13.1 Å². The van der Waals surface area contributed by atoms with Crippen molar-refractivity contribution in [1.29, 1.82) is 0 Å². The predicted octanol–water partition coefficient (Wildman–Crippen LogP) is 2.42. The first-order chi connectivity index (χ1) is 8.21. The third-order valence-corrected chi connectivity index (χ3v) is 3.25. The van der Waals surface area contributed by atoms with E-state index in [9.17, 15) is 0 Å². The van der Waals surface area contributed by atoms with Crippen LogP contribution in [0.4, 0.5) is 0 Å². The van der Waals surface area contributed by atoms with Crippen LogP contribution in [-0.4, -0.2) is 29.5 Å². The minimum atomic E-state index is 0.624. The molecule has 1 heterocycles. The molecule has 0 fully saturated rings. The summed E-state index contributed by atoms with van der Waals surface area (Å²) in [6.45, 7) is 9.63. The Balaban J connectivity index is 2.60. The van der Waals surface area contributed by atoms with Gasteiger partial charge >= 0.3 is 0 Å². The number of nitrogens with one attached hydrogen (secondary N) is 1. The van der Waals surface area contributed by atoms with Crippen molar-refractivity contribution in [3.63, 3.8) is 0 Å². The monoisotopic (exact) mass is 235 g/mol. The molecule has 0 aliphatic rings. The van der Waals surface area contributed by atoms with Crippen LogP contribution in [0.15, 0.2) is 18.3 Å². The van der Waals surface area contributed by atoms with Crippen LogP contribution in [0.5, 0.6) is 0 Å². The van der Waals surface area contributed by atoms with E-state index in [1.54, 1.807) is 0 Å². The van der Waals surface area contributed by atoms with Gasteiger partial charge in [0.05, 0.1) is 5.69 Å². The fourth-order valence-electron chi connectivity index (χ4n) is 1.90. The molecular weight excluding hydrogens is 210 g/mol. The highest BCUT2D eigenvalue weighted by molar-refractivity contribution is 5.13. The summed E-state index contributed by atoms with van der Waals surface area (Å²) in [5, 5.41) is 3.13. The lowest BCUT2D eigenvalue weighted by molar-refractivity contribution is 0.203. The van der Waals surface area contributed by atoms with E-state index in [1.165, 1.54) is 12.0 Å². The Kier molecular flexibility index (Phi) is 6.16. The Morgan fingerprint density at radius 3 is 2.59 bits per heavy atom. The molecule has 3 heteroatoms. The van der Waals surface area contributed by atoms with E-state index in [0.29, 0.717) is 6.04 Å². The van der Waals surface area contributed by atoms with Crippen LogP contribution in [0.25, 0.3) is 0 Å². The Bertz CT molecular complexity index is 308. The highest BCUT2D eigenvalue weighted by Gasteiger charge is 2.10. The van der Waals surface area contributed by atoms with Gasteiger partial charge in [0.2, 0.25) is 0 Å². The first-order valence-electron chi connectivity index (χ1n) is 6.53. The standard InChI is InChI=1S/C14H25N3/c1-5-12(3)17(6-2)11-14-8-7-13(9-15-4)10-16-14/h7-8,10,12,15H,5-6,9,11H2,1-4H3. The molecule has 1 unspecified atom stereocenters. The second-order valence-electron chi connectivity index (χ2n) is 4.51. The van der Waals surface area contributed by atoms with Crippen molar-refractivity contribution in [3.05, 3.63) is 29.6 Å². The van der Waals surface area contributed by atoms with Gasteiger partial charge in [-0.05, 0) is 38.6 Å². The lowest BCUT2D eigenvalue weighted by Crippen LogP contribution is -2.32. The first-order valence-corrected chi connectivity index (χ1v) is 6.53. The zero-order valence-corrected chi connectivity index (χ0v) is 11.5. The number of nitrogens with zero attached hydrogens (tertiary/aromatic N) is 2. The molecule has 0 aliphatic carbocycles. The zero-order valence-electron chi connectivity index (χ0n) is 11.5. The quantitative estimate of drug-likeness (QED) is 0.786. The molecule has 1 aromatic rings. The molecule has 0 radical (unpaired) electrons. The third kappa shape index (κ3) is 4.44. The zero-order chi connectivity index (χ0) is 12.7. The van der Waals surface area contributed by atoms with E-state index >= 15 is 0 Å². The number of aromatic nitrogens is 1. The Hall–Kier alpha value is -0.930. The van der Waals surface area contributed by atoms with Crippen molar-refractivity contribution in [2.75, 3.05) is 13.6 Å². The van der Waals surface area contributed by atoms with E-state index in [0.717, 1.165) is 25.3 Å². The molecule has 0 aliphatic heterocycles. The normalized spacial score (nSPS) is 13.0. The van der Waals surface area contributed by atoms with E-state index in [1.807, 2.05) is 13.2 Å². The summed E-state index contributed by atoms with van der Waals surface area (Å²) in [5.41, 5.74) is 2.40. The van der Waals surface area contributed by atoms with Crippen LogP contribution in [0.2, 0.25) is 0 Å². The summed E-state index contributed by atoms with van der Waals surface area (Å²) < 4.78 is 0. The maximum Gasteiger partial charge on any atom is 0.0544 e. The van der Waals surface area contributed by atoms with E-state index in [4.69, 9.17) is 0 Å². The van der Waals surface area contributed by atoms with Crippen molar-refractivity contribution in [2.45, 2.75) is 46.3 Å². The van der Waals surface area contributed by atoms with Gasteiger partial charge in [-0.25, -0.2) is 0 Å². The van der Waals surface area contributed by atoms with Gasteiger partial charge in [0.25, 0.3) is 0 Å². The molecule has 0 saturated carbocycles. The van der Waals surface area contributed by atoms with Gasteiger partial charge in [-0.15, -0.1) is 0 Å². The third-order valence-electron chi connectivity index (χ3n) is 3.25. The maximum absolute atomic E-state index is 4.52. The number of hydrogen-bond donors (Lipinski definition) is 1. The minimum Gasteiger partial charge on any atom is -0.316 e. The average molecular weight is 235 g/mol. The second-order valence-corrected chi connectivity index (χ2v) is 4.51. The van der Waals surface area contributed by atoms with E-state index in [-0.39, 0.29) is 0 Å². The molecule has 3 nitrogen and oxygen atoms in total. The van der Waals surface area contributed by atoms with Crippen molar-refractivity contribution in [3.8, 4) is 0 Å². The summed E-state index contributed by atoms with van der Waals surface area (Å²) >= 11 is 0. The molecule has 1 rings (SSSR count). The van der Waals surface area contributed by atoms with Crippen molar-refractivity contribution >= 4 is 0 Å². The molecule has 1 aromatic heterocycles. The summed E-state index contributed by atoms with van der Waals surface area (Å²) in [6.07, 6.45) is 3.15.